The molecule has 1 aromatic carbocycles. The Morgan fingerprint density at radius 2 is 1.83 bits per heavy atom. The standard InChI is InChI=1S/C18H26F2N4O4S/c1-18(2,3)28-17(26)24(8-7-14(25)23(4)5)22-16(29)21-11-9-12(19)15(20)13(10-11)27-6/h9-10H,7-8H2,1-6H3,(H2,21,22,29). The quantitative estimate of drug-likeness (QED) is 0.547. The van der Waals surface area contributed by atoms with E-state index in [9.17, 15) is 18.4 Å². The van der Waals surface area contributed by atoms with Gasteiger partial charge in [-0.25, -0.2) is 14.2 Å². The lowest BCUT2D eigenvalue weighted by Gasteiger charge is -2.28. The summed E-state index contributed by atoms with van der Waals surface area (Å²) in [4.78, 5) is 25.7. The summed E-state index contributed by atoms with van der Waals surface area (Å²) in [6.45, 7) is 5.05. The Hall–Kier alpha value is -2.69. The van der Waals surface area contributed by atoms with Gasteiger partial charge in [0, 0.05) is 38.3 Å². The fourth-order valence-electron chi connectivity index (χ4n) is 2.01. The topological polar surface area (TPSA) is 83.1 Å². The number of carbonyl (C=O) groups is 2. The smallest absolute Gasteiger partial charge is 0.429 e. The SMILES string of the molecule is COc1cc(NC(=S)NN(CCC(=O)N(C)C)C(=O)OC(C)(C)C)cc(F)c1F. The summed E-state index contributed by atoms with van der Waals surface area (Å²) in [5.41, 5.74) is 1.94. The highest BCUT2D eigenvalue weighted by molar-refractivity contribution is 7.80. The molecular formula is C18H26F2N4O4S. The van der Waals surface area contributed by atoms with Crippen LogP contribution in [-0.2, 0) is 9.53 Å². The molecule has 0 aliphatic heterocycles. The van der Waals surface area contributed by atoms with Crippen molar-refractivity contribution in [3.8, 4) is 5.75 Å². The van der Waals surface area contributed by atoms with Gasteiger partial charge in [0.05, 0.1) is 13.7 Å². The Kier molecular flexibility index (Phi) is 8.56. The molecule has 0 aliphatic rings. The minimum Gasteiger partial charge on any atom is -0.493 e. The van der Waals surface area contributed by atoms with Gasteiger partial charge in [0.2, 0.25) is 11.7 Å². The fraction of sp³-hybridized carbons (Fsp3) is 0.500. The van der Waals surface area contributed by atoms with Crippen molar-refractivity contribution < 1.29 is 27.8 Å². The highest BCUT2D eigenvalue weighted by Gasteiger charge is 2.24. The Balaban J connectivity index is 2.91. The van der Waals surface area contributed by atoms with Gasteiger partial charge >= 0.3 is 6.09 Å². The molecule has 11 heteroatoms. The van der Waals surface area contributed by atoms with Gasteiger partial charge in [0.1, 0.15) is 5.60 Å². The first kappa shape index (κ1) is 24.3. The first-order valence-electron chi connectivity index (χ1n) is 8.65. The van der Waals surface area contributed by atoms with E-state index in [4.69, 9.17) is 21.7 Å². The molecule has 1 rings (SSSR count). The number of hydrazine groups is 1. The Bertz CT molecular complexity index is 769. The summed E-state index contributed by atoms with van der Waals surface area (Å²) in [5, 5.41) is 3.56. The summed E-state index contributed by atoms with van der Waals surface area (Å²) < 4.78 is 37.3. The van der Waals surface area contributed by atoms with Gasteiger partial charge in [-0.2, -0.15) is 4.39 Å². The van der Waals surface area contributed by atoms with E-state index in [-0.39, 0.29) is 35.4 Å². The van der Waals surface area contributed by atoms with Crippen molar-refractivity contribution in [2.45, 2.75) is 32.8 Å². The second-order valence-corrected chi connectivity index (χ2v) is 7.62. The predicted octanol–water partition coefficient (Wildman–Crippen LogP) is 2.89. The van der Waals surface area contributed by atoms with E-state index in [1.54, 1.807) is 34.9 Å². The van der Waals surface area contributed by atoms with Crippen LogP contribution in [0, 0.1) is 11.6 Å². The van der Waals surface area contributed by atoms with E-state index in [2.05, 4.69) is 10.7 Å². The summed E-state index contributed by atoms with van der Waals surface area (Å²) in [7, 11) is 4.39. The first-order chi connectivity index (χ1) is 13.3. The Morgan fingerprint density at radius 1 is 1.21 bits per heavy atom. The van der Waals surface area contributed by atoms with E-state index in [0.29, 0.717) is 0 Å². The van der Waals surface area contributed by atoms with E-state index in [0.717, 1.165) is 11.1 Å². The van der Waals surface area contributed by atoms with Crippen LogP contribution in [0.1, 0.15) is 27.2 Å². The third-order valence-electron chi connectivity index (χ3n) is 3.37. The average molecular weight is 432 g/mol. The van der Waals surface area contributed by atoms with Crippen molar-refractivity contribution in [2.75, 3.05) is 33.1 Å². The molecule has 0 radical (unpaired) electrons. The maximum Gasteiger partial charge on any atom is 0.429 e. The van der Waals surface area contributed by atoms with E-state index in [1.807, 2.05) is 0 Å². The van der Waals surface area contributed by atoms with Crippen LogP contribution in [0.3, 0.4) is 0 Å². The van der Waals surface area contributed by atoms with Crippen LogP contribution < -0.4 is 15.5 Å². The van der Waals surface area contributed by atoms with Crippen molar-refractivity contribution in [1.29, 1.82) is 0 Å². The number of hydrogen-bond acceptors (Lipinski definition) is 5. The molecule has 0 atom stereocenters. The molecule has 0 heterocycles. The Morgan fingerprint density at radius 3 is 2.34 bits per heavy atom. The number of amides is 2. The Labute approximate surface area is 174 Å². The van der Waals surface area contributed by atoms with Crippen LogP contribution in [0.5, 0.6) is 5.75 Å². The van der Waals surface area contributed by atoms with E-state index >= 15 is 0 Å². The zero-order valence-corrected chi connectivity index (χ0v) is 18.1. The molecule has 0 spiro atoms. The second-order valence-electron chi connectivity index (χ2n) is 7.21. The van der Waals surface area contributed by atoms with Crippen LogP contribution >= 0.6 is 12.2 Å². The number of rotatable bonds is 5. The molecule has 29 heavy (non-hydrogen) atoms. The molecule has 0 saturated carbocycles. The monoisotopic (exact) mass is 432 g/mol. The average Bonchev–Trinajstić information content (AvgIpc) is 2.59. The summed E-state index contributed by atoms with van der Waals surface area (Å²) in [5.74, 6) is -2.77. The molecule has 162 valence electrons. The predicted molar refractivity (Wildman–Crippen MR) is 109 cm³/mol. The molecule has 0 aliphatic carbocycles. The molecule has 8 nitrogen and oxygen atoms in total. The maximum absolute atomic E-state index is 13.7. The zero-order chi connectivity index (χ0) is 22.4. The molecule has 1 aromatic rings. The van der Waals surface area contributed by atoms with Crippen molar-refractivity contribution in [1.82, 2.24) is 15.3 Å². The number of ether oxygens (including phenoxy) is 2. The van der Waals surface area contributed by atoms with Gasteiger partial charge in [0.15, 0.2) is 16.7 Å². The van der Waals surface area contributed by atoms with Crippen LogP contribution in [0.15, 0.2) is 12.1 Å². The lowest BCUT2D eigenvalue weighted by molar-refractivity contribution is -0.129. The number of halogens is 2. The van der Waals surface area contributed by atoms with Gasteiger partial charge < -0.3 is 19.7 Å². The molecule has 0 fully saturated rings. The number of carbonyl (C=O) groups excluding carboxylic acids is 2. The van der Waals surface area contributed by atoms with Crippen molar-refractivity contribution in [2.24, 2.45) is 0 Å². The number of nitrogens with zero attached hydrogens (tertiary/aromatic N) is 2. The number of nitrogens with one attached hydrogen (secondary N) is 2. The van der Waals surface area contributed by atoms with E-state index in [1.165, 1.54) is 18.1 Å². The van der Waals surface area contributed by atoms with Gasteiger partial charge in [-0.15, -0.1) is 0 Å². The molecule has 2 N–H and O–H groups in total. The van der Waals surface area contributed by atoms with Crippen LogP contribution in [0.4, 0.5) is 19.3 Å². The first-order valence-corrected chi connectivity index (χ1v) is 9.06. The van der Waals surface area contributed by atoms with Crippen LogP contribution in [-0.4, -0.2) is 60.4 Å². The minimum absolute atomic E-state index is 0.0147. The van der Waals surface area contributed by atoms with Gasteiger partial charge in [-0.1, -0.05) is 0 Å². The third-order valence-corrected chi connectivity index (χ3v) is 3.56. The molecule has 2 amide bonds. The van der Waals surface area contributed by atoms with Gasteiger partial charge in [-0.3, -0.25) is 10.2 Å². The van der Waals surface area contributed by atoms with Crippen LogP contribution in [0.2, 0.25) is 0 Å². The summed E-state index contributed by atoms with van der Waals surface area (Å²) in [6.07, 6.45) is -0.739. The van der Waals surface area contributed by atoms with Crippen molar-refractivity contribution >= 4 is 35.0 Å². The molecule has 0 bridgehead atoms. The van der Waals surface area contributed by atoms with Gasteiger partial charge in [-0.05, 0) is 33.0 Å². The van der Waals surface area contributed by atoms with Crippen LogP contribution in [0.25, 0.3) is 0 Å². The number of thiocarbonyl (C=S) groups is 1. The number of hydrogen-bond donors (Lipinski definition) is 2. The minimum atomic E-state index is -1.13. The highest BCUT2D eigenvalue weighted by Crippen LogP contribution is 2.24. The molecular weight excluding hydrogens is 406 g/mol. The number of benzene rings is 1. The summed E-state index contributed by atoms with van der Waals surface area (Å²) in [6, 6.07) is 2.10. The third kappa shape index (κ3) is 8.06. The number of anilines is 1. The molecule has 0 saturated heterocycles. The number of methoxy groups -OCH3 is 1. The van der Waals surface area contributed by atoms with Crippen molar-refractivity contribution in [3.05, 3.63) is 23.8 Å². The lowest BCUT2D eigenvalue weighted by atomic mass is 10.2. The zero-order valence-electron chi connectivity index (χ0n) is 17.3. The second kappa shape index (κ2) is 10.2. The molecule has 0 unspecified atom stereocenters. The van der Waals surface area contributed by atoms with Gasteiger partial charge in [0.25, 0.3) is 0 Å². The van der Waals surface area contributed by atoms with E-state index < -0.39 is 23.3 Å². The normalized spacial score (nSPS) is 10.8. The molecule has 0 aromatic heterocycles. The lowest BCUT2D eigenvalue weighted by Crippen LogP contribution is -2.50. The largest absolute Gasteiger partial charge is 0.493 e. The van der Waals surface area contributed by atoms with Crippen molar-refractivity contribution in [3.63, 3.8) is 0 Å². The highest BCUT2D eigenvalue weighted by atomic mass is 32.1. The summed E-state index contributed by atoms with van der Waals surface area (Å²) >= 11 is 5.14. The fourth-order valence-corrected chi connectivity index (χ4v) is 2.24. The maximum atomic E-state index is 13.7.